The maximum Gasteiger partial charge on any atom is 0.356 e. The molecule has 6 nitrogen and oxygen atoms in total. The first-order chi connectivity index (χ1) is 9.99. The van der Waals surface area contributed by atoms with Crippen molar-refractivity contribution in [1.82, 2.24) is 4.98 Å². The molecule has 108 valence electrons. The van der Waals surface area contributed by atoms with E-state index in [4.69, 9.17) is 31.9 Å². The zero-order chi connectivity index (χ0) is 15.1. The summed E-state index contributed by atoms with van der Waals surface area (Å²) in [5.41, 5.74) is 4.63. The van der Waals surface area contributed by atoms with Crippen LogP contribution in [0.4, 0.5) is 10.1 Å². The molecule has 1 aliphatic heterocycles. The number of pyridine rings is 1. The molecule has 0 amide bonds. The summed E-state index contributed by atoms with van der Waals surface area (Å²) in [5, 5.41) is 8.61. The second kappa shape index (κ2) is 4.78. The molecule has 3 rings (SSSR count). The highest BCUT2D eigenvalue weighted by Crippen LogP contribution is 2.38. The van der Waals surface area contributed by atoms with Gasteiger partial charge in [0, 0.05) is 5.56 Å². The number of carboxylic acid groups (broad SMARTS) is 1. The minimum atomic E-state index is -1.39. The first-order valence-corrected chi connectivity index (χ1v) is 6.14. The lowest BCUT2D eigenvalue weighted by Crippen LogP contribution is -2.08. The standard InChI is InChI=1S/C13H8ClFN2O4/c14-8-10(16)9(15)11(17-12(8)13(18)19)5-1-2-6-7(3-5)21-4-20-6/h1-3H,4H2,(H2,16,17)(H,18,19). The largest absolute Gasteiger partial charge is 0.476 e. The smallest absolute Gasteiger partial charge is 0.356 e. The van der Waals surface area contributed by atoms with Crippen molar-refractivity contribution in [2.75, 3.05) is 12.5 Å². The Balaban J connectivity index is 2.20. The topological polar surface area (TPSA) is 94.7 Å². The molecular weight excluding hydrogens is 303 g/mol. The molecule has 0 radical (unpaired) electrons. The van der Waals surface area contributed by atoms with Gasteiger partial charge in [0.15, 0.2) is 23.0 Å². The van der Waals surface area contributed by atoms with Crippen molar-refractivity contribution in [3.8, 4) is 22.8 Å². The Morgan fingerprint density at radius 3 is 2.81 bits per heavy atom. The highest BCUT2D eigenvalue weighted by Gasteiger charge is 2.23. The van der Waals surface area contributed by atoms with E-state index < -0.39 is 28.2 Å². The fourth-order valence-corrected chi connectivity index (χ4v) is 2.14. The van der Waals surface area contributed by atoms with Gasteiger partial charge in [-0.2, -0.15) is 0 Å². The maximum absolute atomic E-state index is 14.2. The minimum absolute atomic E-state index is 0.0673. The molecule has 2 heterocycles. The summed E-state index contributed by atoms with van der Waals surface area (Å²) in [5.74, 6) is -1.35. The third-order valence-electron chi connectivity index (χ3n) is 2.96. The first-order valence-electron chi connectivity index (χ1n) is 5.77. The number of hydrogen-bond donors (Lipinski definition) is 2. The molecule has 0 atom stereocenters. The van der Waals surface area contributed by atoms with Crippen LogP contribution in [0.15, 0.2) is 18.2 Å². The van der Waals surface area contributed by atoms with Gasteiger partial charge in [0.25, 0.3) is 0 Å². The van der Waals surface area contributed by atoms with Gasteiger partial charge < -0.3 is 20.3 Å². The van der Waals surface area contributed by atoms with Crippen molar-refractivity contribution < 1.29 is 23.8 Å². The number of nitrogens with zero attached hydrogens (tertiary/aromatic N) is 1. The van der Waals surface area contributed by atoms with E-state index in [1.54, 1.807) is 6.07 Å². The van der Waals surface area contributed by atoms with E-state index in [9.17, 15) is 9.18 Å². The van der Waals surface area contributed by atoms with Gasteiger partial charge in [-0.25, -0.2) is 14.2 Å². The van der Waals surface area contributed by atoms with E-state index in [2.05, 4.69) is 4.98 Å². The number of aromatic carboxylic acids is 1. The summed E-state index contributed by atoms with van der Waals surface area (Å²) in [4.78, 5) is 14.8. The van der Waals surface area contributed by atoms with Crippen molar-refractivity contribution in [3.63, 3.8) is 0 Å². The van der Waals surface area contributed by atoms with Crippen LogP contribution in [0.3, 0.4) is 0 Å². The van der Waals surface area contributed by atoms with Crippen molar-refractivity contribution in [3.05, 3.63) is 34.7 Å². The summed E-state index contributed by atoms with van der Waals surface area (Å²) in [6, 6.07) is 4.59. The number of carboxylic acids is 1. The van der Waals surface area contributed by atoms with Crippen LogP contribution in [0.5, 0.6) is 11.5 Å². The Hall–Kier alpha value is -2.54. The number of ether oxygens (including phenoxy) is 2. The molecule has 0 aliphatic carbocycles. The van der Waals surface area contributed by atoms with E-state index >= 15 is 0 Å². The Kier molecular flexibility index (Phi) is 3.06. The highest BCUT2D eigenvalue weighted by atomic mass is 35.5. The Morgan fingerprint density at radius 1 is 1.38 bits per heavy atom. The number of halogens is 2. The molecule has 21 heavy (non-hydrogen) atoms. The van der Waals surface area contributed by atoms with Crippen LogP contribution in [-0.4, -0.2) is 22.9 Å². The van der Waals surface area contributed by atoms with Gasteiger partial charge in [-0.1, -0.05) is 11.6 Å². The second-order valence-electron chi connectivity index (χ2n) is 4.22. The van der Waals surface area contributed by atoms with Crippen LogP contribution in [0, 0.1) is 5.82 Å². The van der Waals surface area contributed by atoms with Gasteiger partial charge in [0.05, 0.1) is 10.7 Å². The predicted molar refractivity (Wildman–Crippen MR) is 72.1 cm³/mol. The number of carbonyl (C=O) groups is 1. The van der Waals surface area contributed by atoms with E-state index in [1.807, 2.05) is 0 Å². The SMILES string of the molecule is Nc1c(F)c(-c2ccc3c(c2)OCO3)nc(C(=O)O)c1Cl. The van der Waals surface area contributed by atoms with Crippen LogP contribution < -0.4 is 15.2 Å². The summed E-state index contributed by atoms with van der Waals surface area (Å²) in [6.45, 7) is 0.0673. The third-order valence-corrected chi connectivity index (χ3v) is 3.34. The van der Waals surface area contributed by atoms with Crippen molar-refractivity contribution in [1.29, 1.82) is 0 Å². The summed E-state index contributed by atoms with van der Waals surface area (Å²) in [7, 11) is 0. The molecule has 2 aromatic rings. The molecule has 0 spiro atoms. The average molecular weight is 311 g/mol. The van der Waals surface area contributed by atoms with Gasteiger partial charge in [-0.3, -0.25) is 0 Å². The normalized spacial score (nSPS) is 12.5. The van der Waals surface area contributed by atoms with Crippen LogP contribution in [0.25, 0.3) is 11.3 Å². The molecule has 1 aromatic carbocycles. The molecule has 3 N–H and O–H groups in total. The molecular formula is C13H8ClFN2O4. The quantitative estimate of drug-likeness (QED) is 0.885. The molecule has 0 bridgehead atoms. The lowest BCUT2D eigenvalue weighted by Gasteiger charge is -2.09. The van der Waals surface area contributed by atoms with Crippen LogP contribution >= 0.6 is 11.6 Å². The van der Waals surface area contributed by atoms with E-state index in [-0.39, 0.29) is 12.5 Å². The molecule has 8 heteroatoms. The number of aromatic nitrogens is 1. The number of fused-ring (bicyclic) bond motifs is 1. The van der Waals surface area contributed by atoms with Gasteiger partial charge in [-0.15, -0.1) is 0 Å². The first kappa shape index (κ1) is 13.4. The lowest BCUT2D eigenvalue weighted by molar-refractivity contribution is 0.0691. The Labute approximate surface area is 122 Å². The van der Waals surface area contributed by atoms with Gasteiger partial charge in [0.2, 0.25) is 6.79 Å². The zero-order valence-corrected chi connectivity index (χ0v) is 11.1. The molecule has 0 saturated carbocycles. The highest BCUT2D eigenvalue weighted by molar-refractivity contribution is 6.35. The zero-order valence-electron chi connectivity index (χ0n) is 10.4. The number of hydrogen-bond acceptors (Lipinski definition) is 5. The van der Waals surface area contributed by atoms with Crippen LogP contribution in [0.2, 0.25) is 5.02 Å². The molecule has 0 saturated heterocycles. The number of nitrogen functional groups attached to an aromatic ring is 1. The van der Waals surface area contributed by atoms with Crippen LogP contribution in [-0.2, 0) is 0 Å². The van der Waals surface area contributed by atoms with Gasteiger partial charge >= 0.3 is 5.97 Å². The Morgan fingerprint density at radius 2 is 2.10 bits per heavy atom. The van der Waals surface area contributed by atoms with Crippen LogP contribution in [0.1, 0.15) is 10.5 Å². The minimum Gasteiger partial charge on any atom is -0.476 e. The Bertz CT molecular complexity index is 766. The van der Waals surface area contributed by atoms with E-state index in [0.717, 1.165) is 0 Å². The third kappa shape index (κ3) is 2.11. The number of benzene rings is 1. The molecule has 1 aromatic heterocycles. The van der Waals surface area contributed by atoms with Crippen molar-refractivity contribution in [2.24, 2.45) is 0 Å². The number of nitrogens with two attached hydrogens (primary N) is 1. The molecule has 1 aliphatic rings. The average Bonchev–Trinajstić information content (AvgIpc) is 2.92. The molecule has 0 fully saturated rings. The number of anilines is 1. The van der Waals surface area contributed by atoms with E-state index in [0.29, 0.717) is 17.1 Å². The predicted octanol–water partition coefficient (Wildman–Crippen LogP) is 2.55. The second-order valence-corrected chi connectivity index (χ2v) is 4.60. The summed E-state index contributed by atoms with van der Waals surface area (Å²) >= 11 is 5.69. The van der Waals surface area contributed by atoms with Gasteiger partial charge in [-0.05, 0) is 18.2 Å². The van der Waals surface area contributed by atoms with Gasteiger partial charge in [0.1, 0.15) is 5.69 Å². The number of rotatable bonds is 2. The summed E-state index contributed by atoms with van der Waals surface area (Å²) < 4.78 is 24.5. The van der Waals surface area contributed by atoms with E-state index in [1.165, 1.54) is 12.1 Å². The fraction of sp³-hybridized carbons (Fsp3) is 0.0769. The van der Waals surface area contributed by atoms with Crippen molar-refractivity contribution >= 4 is 23.3 Å². The van der Waals surface area contributed by atoms with Crippen molar-refractivity contribution in [2.45, 2.75) is 0 Å². The fourth-order valence-electron chi connectivity index (χ4n) is 1.94. The molecule has 0 unspecified atom stereocenters. The lowest BCUT2D eigenvalue weighted by atomic mass is 10.1. The monoisotopic (exact) mass is 310 g/mol. The maximum atomic E-state index is 14.2. The summed E-state index contributed by atoms with van der Waals surface area (Å²) in [6.07, 6.45) is 0.